The van der Waals surface area contributed by atoms with Crippen molar-refractivity contribution in [2.45, 2.75) is 50.0 Å². The van der Waals surface area contributed by atoms with Crippen LogP contribution in [0.4, 0.5) is 11.4 Å². The summed E-state index contributed by atoms with van der Waals surface area (Å²) in [5.74, 6) is 0.994. The topological polar surface area (TPSA) is 44.3 Å². The maximum atomic E-state index is 10.8. The molecule has 2 aromatic rings. The van der Waals surface area contributed by atoms with Crippen LogP contribution >= 0.6 is 23.2 Å². The summed E-state index contributed by atoms with van der Waals surface area (Å²) in [6.45, 7) is 1.08. The second kappa shape index (κ2) is 6.58. The van der Waals surface area contributed by atoms with Gasteiger partial charge in [-0.2, -0.15) is 0 Å². The Kier molecular flexibility index (Phi) is 4.30. The van der Waals surface area contributed by atoms with E-state index in [4.69, 9.17) is 23.2 Å². The zero-order valence-electron chi connectivity index (χ0n) is 15.2. The van der Waals surface area contributed by atoms with Crippen molar-refractivity contribution < 1.29 is 5.11 Å². The molecule has 2 aliphatic carbocycles. The van der Waals surface area contributed by atoms with Crippen molar-refractivity contribution in [1.82, 2.24) is 5.32 Å². The molecule has 2 bridgehead atoms. The van der Waals surface area contributed by atoms with Crippen LogP contribution in [-0.4, -0.2) is 17.7 Å². The summed E-state index contributed by atoms with van der Waals surface area (Å²) in [5.41, 5.74) is 4.38. The van der Waals surface area contributed by atoms with Gasteiger partial charge in [-0.05, 0) is 79.6 Å². The van der Waals surface area contributed by atoms with Crippen LogP contribution in [0.2, 0.25) is 10.0 Å². The molecule has 27 heavy (non-hydrogen) atoms. The Balaban J connectivity index is 1.57. The molecule has 1 saturated heterocycles. The van der Waals surface area contributed by atoms with E-state index < -0.39 is 0 Å². The van der Waals surface area contributed by atoms with Crippen molar-refractivity contribution in [2.75, 3.05) is 11.9 Å². The van der Waals surface area contributed by atoms with Gasteiger partial charge in [0.1, 0.15) is 5.75 Å². The molecule has 1 heterocycles. The van der Waals surface area contributed by atoms with Gasteiger partial charge in [-0.25, -0.2) is 0 Å². The Bertz CT molecular complexity index is 896. The van der Waals surface area contributed by atoms with Crippen LogP contribution in [0.5, 0.6) is 5.75 Å². The predicted molar refractivity (Wildman–Crippen MR) is 112 cm³/mol. The first-order valence-corrected chi connectivity index (χ1v) is 10.6. The van der Waals surface area contributed by atoms with E-state index in [1.165, 1.54) is 43.2 Å². The molecule has 1 aliphatic heterocycles. The van der Waals surface area contributed by atoms with Gasteiger partial charge in [0.2, 0.25) is 0 Å². The van der Waals surface area contributed by atoms with Crippen molar-refractivity contribution in [3.8, 4) is 5.75 Å². The van der Waals surface area contributed by atoms with Crippen LogP contribution < -0.4 is 10.6 Å². The summed E-state index contributed by atoms with van der Waals surface area (Å²) in [6.07, 6.45) is 7.37. The van der Waals surface area contributed by atoms with Crippen LogP contribution in [0.1, 0.15) is 43.2 Å². The zero-order chi connectivity index (χ0) is 18.6. The van der Waals surface area contributed by atoms with Crippen LogP contribution in [0.25, 0.3) is 0 Å². The molecule has 2 fully saturated rings. The molecular weight excluding hydrogens is 379 g/mol. The monoisotopic (exact) mass is 402 g/mol. The first kappa shape index (κ1) is 17.7. The first-order chi connectivity index (χ1) is 13.1. The van der Waals surface area contributed by atoms with Gasteiger partial charge in [-0.15, -0.1) is 0 Å². The first-order valence-electron chi connectivity index (χ1n) is 9.89. The molecule has 3 aliphatic rings. The number of anilines is 2. The maximum absolute atomic E-state index is 10.8. The summed E-state index contributed by atoms with van der Waals surface area (Å²) >= 11 is 12.4. The van der Waals surface area contributed by atoms with Crippen LogP contribution in [0, 0.1) is 5.92 Å². The molecule has 0 amide bonds. The van der Waals surface area contributed by atoms with E-state index >= 15 is 0 Å². The van der Waals surface area contributed by atoms with Gasteiger partial charge in [0.15, 0.2) is 0 Å². The van der Waals surface area contributed by atoms with Gasteiger partial charge in [-0.3, -0.25) is 0 Å². The van der Waals surface area contributed by atoms with Crippen LogP contribution in [0.3, 0.4) is 0 Å². The molecule has 3 nitrogen and oxygen atoms in total. The predicted octanol–water partition coefficient (Wildman–Crippen LogP) is 5.79. The third kappa shape index (κ3) is 2.83. The minimum atomic E-state index is 0.242. The van der Waals surface area contributed by atoms with Crippen molar-refractivity contribution in [3.05, 3.63) is 51.5 Å². The minimum absolute atomic E-state index is 0.242. The van der Waals surface area contributed by atoms with E-state index in [0.717, 1.165) is 13.0 Å². The summed E-state index contributed by atoms with van der Waals surface area (Å²) in [4.78, 5) is 0. The maximum Gasteiger partial charge on any atom is 0.139 e. The number of halogens is 2. The van der Waals surface area contributed by atoms with Crippen LogP contribution in [0.15, 0.2) is 30.3 Å². The van der Waals surface area contributed by atoms with Gasteiger partial charge in [-0.1, -0.05) is 36.0 Å². The lowest BCUT2D eigenvalue weighted by Gasteiger charge is -2.56. The standard InChI is InChI=1S/C22H24Cl2N2O/c23-14-4-5-17(24)19(11-14)26-20-10-13-9-18-15-3-1-2-6-22(15,7-8-25-18)16(13)12-21(20)27/h4-5,10-12,15,18,25-27H,1-3,6-9H2/t15-,18+,22+/m0/s1. The van der Waals surface area contributed by atoms with Crippen molar-refractivity contribution >= 4 is 34.6 Å². The molecule has 142 valence electrons. The highest BCUT2D eigenvalue weighted by molar-refractivity contribution is 6.35. The number of fused-ring (bicyclic) bond motifs is 1. The van der Waals surface area contributed by atoms with E-state index in [2.05, 4.69) is 16.7 Å². The average Bonchev–Trinajstić information content (AvgIpc) is 2.66. The normalized spacial score (nSPS) is 29.0. The Morgan fingerprint density at radius 1 is 1.07 bits per heavy atom. The smallest absolute Gasteiger partial charge is 0.139 e. The van der Waals surface area contributed by atoms with E-state index in [0.29, 0.717) is 39.1 Å². The van der Waals surface area contributed by atoms with E-state index in [1.807, 2.05) is 6.07 Å². The van der Waals surface area contributed by atoms with Gasteiger partial charge >= 0.3 is 0 Å². The number of hydrogen-bond donors (Lipinski definition) is 3. The van der Waals surface area contributed by atoms with Gasteiger partial charge < -0.3 is 15.7 Å². The van der Waals surface area contributed by atoms with E-state index in [1.54, 1.807) is 18.2 Å². The molecule has 3 atom stereocenters. The summed E-state index contributed by atoms with van der Waals surface area (Å²) in [6, 6.07) is 10.0. The summed E-state index contributed by atoms with van der Waals surface area (Å²) in [7, 11) is 0. The van der Waals surface area contributed by atoms with E-state index in [-0.39, 0.29) is 5.41 Å². The van der Waals surface area contributed by atoms with Crippen molar-refractivity contribution in [2.24, 2.45) is 5.92 Å². The lowest BCUT2D eigenvalue weighted by Crippen LogP contribution is -2.59. The van der Waals surface area contributed by atoms with E-state index in [9.17, 15) is 5.11 Å². The van der Waals surface area contributed by atoms with Gasteiger partial charge in [0.25, 0.3) is 0 Å². The fourth-order valence-electron chi connectivity index (χ4n) is 5.81. The number of benzene rings is 2. The molecular formula is C22H24Cl2N2O. The number of phenols is 1. The summed E-state index contributed by atoms with van der Waals surface area (Å²) in [5, 5.41) is 19.1. The number of piperidine rings is 1. The number of hydrogen-bond acceptors (Lipinski definition) is 3. The third-order valence-electron chi connectivity index (χ3n) is 6.96. The highest BCUT2D eigenvalue weighted by Gasteiger charge is 2.51. The number of phenolic OH excluding ortho intramolecular Hbond substituents is 1. The van der Waals surface area contributed by atoms with Crippen molar-refractivity contribution in [1.29, 1.82) is 0 Å². The lowest BCUT2D eigenvalue weighted by atomic mass is 9.53. The fourth-order valence-corrected chi connectivity index (χ4v) is 6.15. The second-order valence-corrected chi connectivity index (χ2v) is 9.14. The fraction of sp³-hybridized carbons (Fsp3) is 0.455. The molecule has 0 radical (unpaired) electrons. The van der Waals surface area contributed by atoms with Crippen LogP contribution in [-0.2, 0) is 11.8 Å². The number of nitrogens with one attached hydrogen (secondary N) is 2. The van der Waals surface area contributed by atoms with Gasteiger partial charge in [0, 0.05) is 16.5 Å². The molecule has 2 aromatic carbocycles. The largest absolute Gasteiger partial charge is 0.506 e. The zero-order valence-corrected chi connectivity index (χ0v) is 16.7. The number of rotatable bonds is 2. The molecule has 3 N–H and O–H groups in total. The Labute approximate surface area is 170 Å². The third-order valence-corrected chi connectivity index (χ3v) is 7.52. The Morgan fingerprint density at radius 3 is 2.85 bits per heavy atom. The molecule has 5 rings (SSSR count). The quantitative estimate of drug-likeness (QED) is 0.557. The molecule has 0 spiro atoms. The molecule has 5 heteroatoms. The highest BCUT2D eigenvalue weighted by atomic mass is 35.5. The van der Waals surface area contributed by atoms with Gasteiger partial charge in [0.05, 0.1) is 16.4 Å². The Morgan fingerprint density at radius 2 is 1.96 bits per heavy atom. The number of aromatic hydroxyl groups is 1. The minimum Gasteiger partial charge on any atom is -0.506 e. The average molecular weight is 403 g/mol. The van der Waals surface area contributed by atoms with Crippen molar-refractivity contribution in [3.63, 3.8) is 0 Å². The molecule has 0 aromatic heterocycles. The Hall–Kier alpha value is -1.42. The SMILES string of the molecule is Oc1cc2c(cc1Nc1cc(Cl)ccc1Cl)C[C@H]1NCC[C@@]23CCCC[C@@H]13. The highest BCUT2D eigenvalue weighted by Crippen LogP contribution is 2.55. The second-order valence-electron chi connectivity index (χ2n) is 8.30. The lowest BCUT2D eigenvalue weighted by molar-refractivity contribution is 0.0796. The molecule has 0 unspecified atom stereocenters. The summed E-state index contributed by atoms with van der Waals surface area (Å²) < 4.78 is 0. The molecule has 1 saturated carbocycles.